The number of hydrogen-bond donors (Lipinski definition) is 0. The highest BCUT2D eigenvalue weighted by molar-refractivity contribution is 5.69. The lowest BCUT2D eigenvalue weighted by atomic mass is 10.2. The zero-order valence-corrected chi connectivity index (χ0v) is 11.4. The number of benzene rings is 2. The first-order valence-corrected chi connectivity index (χ1v) is 6.05. The van der Waals surface area contributed by atoms with Gasteiger partial charge in [0.2, 0.25) is 0 Å². The number of rotatable bonds is 4. The van der Waals surface area contributed by atoms with Gasteiger partial charge in [-0.2, -0.15) is 0 Å². The van der Waals surface area contributed by atoms with Gasteiger partial charge >= 0.3 is 6.36 Å². The van der Waals surface area contributed by atoms with Gasteiger partial charge in [0.1, 0.15) is 11.5 Å². The summed E-state index contributed by atoms with van der Waals surface area (Å²) in [6.07, 6.45) is -4.73. The van der Waals surface area contributed by atoms with E-state index >= 15 is 0 Å². The Morgan fingerprint density at radius 1 is 1.14 bits per heavy atom. The number of ether oxygens (including phenoxy) is 2. The summed E-state index contributed by atoms with van der Waals surface area (Å²) >= 11 is 0. The molecule has 2 rings (SSSR count). The van der Waals surface area contributed by atoms with Gasteiger partial charge in [0.05, 0.1) is 12.8 Å². The lowest BCUT2D eigenvalue weighted by molar-refractivity contribution is -0.274. The monoisotopic (exact) mass is 296 g/mol. The van der Waals surface area contributed by atoms with Crippen molar-refractivity contribution in [3.05, 3.63) is 48.5 Å². The summed E-state index contributed by atoms with van der Waals surface area (Å²) in [5.41, 5.74) is 1.14. The van der Waals surface area contributed by atoms with Crippen LogP contribution >= 0.6 is 0 Å². The normalized spacial score (nSPS) is 11.1. The number of nitrogens with zero attached hydrogens (tertiary/aromatic N) is 1. The number of halogens is 3. The average Bonchev–Trinajstić information content (AvgIpc) is 2.45. The second-order valence-corrected chi connectivity index (χ2v) is 4.19. The van der Waals surface area contributed by atoms with Crippen LogP contribution in [0.5, 0.6) is 11.5 Å². The van der Waals surface area contributed by atoms with E-state index in [4.69, 9.17) is 4.74 Å². The molecule has 0 aliphatic carbocycles. The third kappa shape index (κ3) is 3.81. The average molecular weight is 296 g/mol. The molecule has 0 aromatic heterocycles. The van der Waals surface area contributed by atoms with Crippen LogP contribution in [0.2, 0.25) is 0 Å². The fraction of sp³-hybridized carbons (Fsp3) is 0.200. The van der Waals surface area contributed by atoms with Crippen molar-refractivity contribution in [2.24, 2.45) is 0 Å². The SMILES string of the molecule is COc1ccc(OC(F)(F)F)cc1N(C)c1[c]cccc1. The molecule has 0 spiro atoms. The zero-order chi connectivity index (χ0) is 15.5. The molecule has 0 amide bonds. The fourth-order valence-corrected chi connectivity index (χ4v) is 1.85. The molecule has 0 N–H and O–H groups in total. The van der Waals surface area contributed by atoms with Gasteiger partial charge in [0, 0.05) is 24.9 Å². The summed E-state index contributed by atoms with van der Waals surface area (Å²) in [5, 5.41) is 0. The van der Waals surface area contributed by atoms with E-state index in [1.165, 1.54) is 25.3 Å². The minimum Gasteiger partial charge on any atom is -0.495 e. The molecule has 0 saturated carbocycles. The molecule has 21 heavy (non-hydrogen) atoms. The Hall–Kier alpha value is -2.37. The van der Waals surface area contributed by atoms with Crippen LogP contribution in [0.3, 0.4) is 0 Å². The van der Waals surface area contributed by atoms with E-state index in [2.05, 4.69) is 10.8 Å². The van der Waals surface area contributed by atoms with Crippen molar-refractivity contribution in [3.63, 3.8) is 0 Å². The van der Waals surface area contributed by atoms with Gasteiger partial charge in [-0.3, -0.25) is 0 Å². The second kappa shape index (κ2) is 5.95. The van der Waals surface area contributed by atoms with E-state index in [9.17, 15) is 13.2 Å². The Bertz CT molecular complexity index is 600. The first-order chi connectivity index (χ1) is 9.90. The third-order valence-corrected chi connectivity index (χ3v) is 2.80. The Morgan fingerprint density at radius 2 is 1.90 bits per heavy atom. The van der Waals surface area contributed by atoms with Crippen molar-refractivity contribution < 1.29 is 22.6 Å². The first-order valence-electron chi connectivity index (χ1n) is 6.05. The second-order valence-electron chi connectivity index (χ2n) is 4.19. The lowest BCUT2D eigenvalue weighted by Crippen LogP contribution is -2.18. The molecule has 2 aromatic carbocycles. The standard InChI is InChI=1S/C15H13F3NO2/c1-19(11-6-4-3-5-7-11)13-10-12(21-15(16,17)18)8-9-14(13)20-2/h3-6,8-10H,1-2H3. The maximum absolute atomic E-state index is 12.3. The van der Waals surface area contributed by atoms with E-state index in [1.807, 2.05) is 6.07 Å². The van der Waals surface area contributed by atoms with E-state index in [-0.39, 0.29) is 5.75 Å². The molecule has 3 nitrogen and oxygen atoms in total. The highest BCUT2D eigenvalue weighted by Crippen LogP contribution is 2.36. The number of anilines is 2. The summed E-state index contributed by atoms with van der Waals surface area (Å²) < 4.78 is 46.0. The Morgan fingerprint density at radius 3 is 2.48 bits per heavy atom. The van der Waals surface area contributed by atoms with Crippen LogP contribution in [0.15, 0.2) is 42.5 Å². The predicted molar refractivity (Wildman–Crippen MR) is 73.0 cm³/mol. The van der Waals surface area contributed by atoms with Gasteiger partial charge in [-0.1, -0.05) is 18.2 Å². The van der Waals surface area contributed by atoms with Crippen LogP contribution in [0.4, 0.5) is 24.5 Å². The molecule has 111 valence electrons. The zero-order valence-electron chi connectivity index (χ0n) is 11.4. The Labute approximate surface area is 120 Å². The van der Waals surface area contributed by atoms with Crippen LogP contribution < -0.4 is 14.4 Å². The molecule has 0 saturated heterocycles. The van der Waals surface area contributed by atoms with Crippen LogP contribution in [0.1, 0.15) is 0 Å². The minimum absolute atomic E-state index is 0.305. The summed E-state index contributed by atoms with van der Waals surface area (Å²) in [6.45, 7) is 0. The van der Waals surface area contributed by atoms with E-state index in [1.54, 1.807) is 30.1 Å². The molecular formula is C15H13F3NO2. The fourth-order valence-electron chi connectivity index (χ4n) is 1.85. The van der Waals surface area contributed by atoms with Crippen LogP contribution in [-0.2, 0) is 0 Å². The van der Waals surface area contributed by atoms with Crippen LogP contribution in [-0.4, -0.2) is 20.5 Å². The van der Waals surface area contributed by atoms with Crippen molar-refractivity contribution in [2.75, 3.05) is 19.1 Å². The highest BCUT2D eigenvalue weighted by atomic mass is 19.4. The molecule has 0 atom stereocenters. The van der Waals surface area contributed by atoms with E-state index in [0.717, 1.165) is 0 Å². The van der Waals surface area contributed by atoms with Crippen molar-refractivity contribution >= 4 is 11.4 Å². The number of alkyl halides is 3. The first kappa shape index (κ1) is 15.0. The van der Waals surface area contributed by atoms with Crippen molar-refractivity contribution in [2.45, 2.75) is 6.36 Å². The van der Waals surface area contributed by atoms with Crippen molar-refractivity contribution in [1.82, 2.24) is 0 Å². The third-order valence-electron chi connectivity index (χ3n) is 2.80. The van der Waals surface area contributed by atoms with Crippen molar-refractivity contribution in [1.29, 1.82) is 0 Å². The quantitative estimate of drug-likeness (QED) is 0.845. The molecule has 0 aliphatic heterocycles. The molecule has 0 bridgehead atoms. The topological polar surface area (TPSA) is 21.7 Å². The van der Waals surface area contributed by atoms with Gasteiger partial charge in [-0.05, 0) is 18.2 Å². The molecule has 0 aliphatic rings. The summed E-state index contributed by atoms with van der Waals surface area (Å²) in [4.78, 5) is 1.67. The van der Waals surface area contributed by atoms with Crippen molar-refractivity contribution in [3.8, 4) is 11.5 Å². The summed E-state index contributed by atoms with van der Waals surface area (Å²) in [5.74, 6) is 0.130. The van der Waals surface area contributed by atoms with Gasteiger partial charge < -0.3 is 14.4 Å². The maximum atomic E-state index is 12.3. The predicted octanol–water partition coefficient (Wildman–Crippen LogP) is 4.16. The van der Waals surface area contributed by atoms with Crippen LogP contribution in [0, 0.1) is 6.07 Å². The molecule has 2 aromatic rings. The summed E-state index contributed by atoms with van der Waals surface area (Å²) in [6, 6.07) is 14.0. The highest BCUT2D eigenvalue weighted by Gasteiger charge is 2.31. The molecule has 0 unspecified atom stereocenters. The van der Waals surface area contributed by atoms with E-state index in [0.29, 0.717) is 17.1 Å². The Balaban J connectivity index is 2.38. The summed E-state index contributed by atoms with van der Waals surface area (Å²) in [7, 11) is 3.16. The number of para-hydroxylation sites is 1. The van der Waals surface area contributed by atoms with E-state index < -0.39 is 6.36 Å². The van der Waals surface area contributed by atoms with Gasteiger partial charge in [0.15, 0.2) is 0 Å². The smallest absolute Gasteiger partial charge is 0.495 e. The number of methoxy groups -OCH3 is 1. The Kier molecular flexibility index (Phi) is 4.26. The van der Waals surface area contributed by atoms with Gasteiger partial charge in [-0.25, -0.2) is 0 Å². The maximum Gasteiger partial charge on any atom is 0.573 e. The molecule has 0 fully saturated rings. The molecule has 0 heterocycles. The molecular weight excluding hydrogens is 283 g/mol. The largest absolute Gasteiger partial charge is 0.573 e. The minimum atomic E-state index is -4.73. The van der Waals surface area contributed by atoms with Crippen LogP contribution in [0.25, 0.3) is 0 Å². The lowest BCUT2D eigenvalue weighted by Gasteiger charge is -2.22. The number of hydrogen-bond acceptors (Lipinski definition) is 3. The van der Waals surface area contributed by atoms with Gasteiger partial charge in [-0.15, -0.1) is 13.2 Å². The van der Waals surface area contributed by atoms with Gasteiger partial charge in [0.25, 0.3) is 0 Å². The molecule has 6 heteroatoms. The molecule has 1 radical (unpaired) electrons.